The van der Waals surface area contributed by atoms with Crippen molar-refractivity contribution in [1.82, 2.24) is 4.98 Å². The molecule has 1 aromatic rings. The molecule has 0 bridgehead atoms. The third kappa shape index (κ3) is 3.02. The van der Waals surface area contributed by atoms with Crippen molar-refractivity contribution in [2.45, 2.75) is 52.1 Å². The molecule has 0 saturated heterocycles. The van der Waals surface area contributed by atoms with E-state index in [2.05, 4.69) is 4.98 Å². The Balaban J connectivity index is 2.17. The lowest BCUT2D eigenvalue weighted by atomic mass is 9.91. The molecule has 0 amide bonds. The Morgan fingerprint density at radius 1 is 1.44 bits per heavy atom. The van der Waals surface area contributed by atoms with Crippen LogP contribution in [0.1, 0.15) is 43.0 Å². The first kappa shape index (κ1) is 13.3. The predicted octanol–water partition coefficient (Wildman–Crippen LogP) is 2.80. The van der Waals surface area contributed by atoms with Gasteiger partial charge in [-0.05, 0) is 33.1 Å². The quantitative estimate of drug-likeness (QED) is 0.872. The molecule has 0 aliphatic heterocycles. The van der Waals surface area contributed by atoms with Crippen molar-refractivity contribution >= 4 is 0 Å². The topological polar surface area (TPSA) is 42.4 Å². The van der Waals surface area contributed by atoms with E-state index in [9.17, 15) is 5.11 Å². The zero-order chi connectivity index (χ0) is 13.3. The van der Waals surface area contributed by atoms with Gasteiger partial charge in [-0.1, -0.05) is 12.8 Å². The maximum atomic E-state index is 10.5. The number of rotatable bonds is 5. The third-order valence-corrected chi connectivity index (χ3v) is 3.72. The largest absolute Gasteiger partial charge is 0.496 e. The molecule has 0 radical (unpaired) electrons. The van der Waals surface area contributed by atoms with E-state index in [0.717, 1.165) is 29.0 Å². The molecule has 1 aliphatic rings. The van der Waals surface area contributed by atoms with Crippen LogP contribution in [0.15, 0.2) is 6.20 Å². The van der Waals surface area contributed by atoms with Gasteiger partial charge in [0.15, 0.2) is 0 Å². The summed E-state index contributed by atoms with van der Waals surface area (Å²) in [5, 5.41) is 10.5. The number of hydrogen-bond donors (Lipinski definition) is 1. The van der Waals surface area contributed by atoms with E-state index in [1.165, 1.54) is 12.8 Å². The maximum absolute atomic E-state index is 10.5. The molecule has 1 unspecified atom stereocenters. The van der Waals surface area contributed by atoms with Gasteiger partial charge in [-0.3, -0.25) is 4.98 Å². The number of aromatic nitrogens is 1. The number of pyridine rings is 1. The third-order valence-electron chi connectivity index (χ3n) is 3.72. The zero-order valence-electron chi connectivity index (χ0n) is 11.8. The van der Waals surface area contributed by atoms with Gasteiger partial charge in [0.1, 0.15) is 5.75 Å². The number of nitrogens with zero attached hydrogens (tertiary/aromatic N) is 1. The lowest BCUT2D eigenvalue weighted by Gasteiger charge is -2.24. The zero-order valence-corrected chi connectivity index (χ0v) is 11.8. The summed E-state index contributed by atoms with van der Waals surface area (Å²) in [7, 11) is 1.68. The second-order valence-electron chi connectivity index (χ2n) is 5.87. The van der Waals surface area contributed by atoms with Crippen molar-refractivity contribution in [1.29, 1.82) is 0 Å². The van der Waals surface area contributed by atoms with E-state index in [0.29, 0.717) is 12.3 Å². The molecule has 1 saturated carbocycles. The monoisotopic (exact) mass is 249 g/mol. The molecule has 2 rings (SSSR count). The first-order chi connectivity index (χ1) is 8.43. The molecule has 3 nitrogen and oxygen atoms in total. The first-order valence-corrected chi connectivity index (χ1v) is 6.64. The highest BCUT2D eigenvalue weighted by Gasteiger charge is 2.32. The fraction of sp³-hybridized carbons (Fsp3) is 0.667. The molecular formula is C15H23NO2. The van der Waals surface area contributed by atoms with Gasteiger partial charge < -0.3 is 9.84 Å². The second-order valence-corrected chi connectivity index (χ2v) is 5.87. The summed E-state index contributed by atoms with van der Waals surface area (Å²) in [5.41, 5.74) is 2.39. The summed E-state index contributed by atoms with van der Waals surface area (Å²) in [5.74, 6) is 1.61. The molecule has 1 atom stereocenters. The lowest BCUT2D eigenvalue weighted by molar-refractivity contribution is 0.0443. The summed E-state index contributed by atoms with van der Waals surface area (Å²) >= 11 is 0. The summed E-state index contributed by atoms with van der Waals surface area (Å²) in [6.07, 6.45) is 5.84. The SMILES string of the molecule is COc1c(C)cnc(CC(C)(O)CC2CC2)c1C. The smallest absolute Gasteiger partial charge is 0.128 e. The minimum atomic E-state index is -0.654. The molecular weight excluding hydrogens is 226 g/mol. The van der Waals surface area contributed by atoms with E-state index in [1.807, 2.05) is 27.0 Å². The highest BCUT2D eigenvalue weighted by Crippen LogP contribution is 2.38. The first-order valence-electron chi connectivity index (χ1n) is 6.64. The molecule has 1 fully saturated rings. The minimum absolute atomic E-state index is 0.603. The van der Waals surface area contributed by atoms with E-state index >= 15 is 0 Å². The molecule has 1 aromatic heterocycles. The van der Waals surface area contributed by atoms with Crippen LogP contribution in [0.2, 0.25) is 0 Å². The minimum Gasteiger partial charge on any atom is -0.496 e. The van der Waals surface area contributed by atoms with Crippen LogP contribution in [0.5, 0.6) is 5.75 Å². The van der Waals surface area contributed by atoms with Gasteiger partial charge in [0.05, 0.1) is 12.7 Å². The molecule has 1 aliphatic carbocycles. The summed E-state index contributed by atoms with van der Waals surface area (Å²) in [6, 6.07) is 0. The maximum Gasteiger partial charge on any atom is 0.128 e. The van der Waals surface area contributed by atoms with Crippen molar-refractivity contribution in [3.05, 3.63) is 23.0 Å². The lowest BCUT2D eigenvalue weighted by Crippen LogP contribution is -2.28. The number of methoxy groups -OCH3 is 1. The van der Waals surface area contributed by atoms with Crippen LogP contribution in [-0.2, 0) is 6.42 Å². The average Bonchev–Trinajstić information content (AvgIpc) is 3.06. The van der Waals surface area contributed by atoms with Crippen LogP contribution >= 0.6 is 0 Å². The molecule has 100 valence electrons. The number of aryl methyl sites for hydroxylation is 1. The van der Waals surface area contributed by atoms with Crippen molar-refractivity contribution in [3.8, 4) is 5.75 Å². The molecule has 0 spiro atoms. The van der Waals surface area contributed by atoms with Gasteiger partial charge in [-0.15, -0.1) is 0 Å². The van der Waals surface area contributed by atoms with Gasteiger partial charge in [-0.2, -0.15) is 0 Å². The average molecular weight is 249 g/mol. The van der Waals surface area contributed by atoms with Gasteiger partial charge in [0, 0.05) is 29.4 Å². The fourth-order valence-electron chi connectivity index (χ4n) is 2.63. The molecule has 3 heteroatoms. The molecule has 1 heterocycles. The second kappa shape index (κ2) is 4.88. The van der Waals surface area contributed by atoms with Crippen molar-refractivity contribution in [2.75, 3.05) is 7.11 Å². The van der Waals surface area contributed by atoms with Gasteiger partial charge in [0.2, 0.25) is 0 Å². The standard InChI is InChI=1S/C15H23NO2/c1-10-9-16-13(11(2)14(10)18-4)8-15(3,17)7-12-5-6-12/h9,12,17H,5-8H2,1-4H3. The Morgan fingerprint density at radius 3 is 2.67 bits per heavy atom. The Labute approximate surface area is 109 Å². The van der Waals surface area contributed by atoms with Crippen LogP contribution in [0, 0.1) is 19.8 Å². The van der Waals surface area contributed by atoms with E-state index in [-0.39, 0.29) is 0 Å². The molecule has 0 aromatic carbocycles. The van der Waals surface area contributed by atoms with Gasteiger partial charge >= 0.3 is 0 Å². The van der Waals surface area contributed by atoms with Crippen LogP contribution in [0.3, 0.4) is 0 Å². The van der Waals surface area contributed by atoms with E-state index in [1.54, 1.807) is 7.11 Å². The van der Waals surface area contributed by atoms with Gasteiger partial charge in [-0.25, -0.2) is 0 Å². The summed E-state index contributed by atoms with van der Waals surface area (Å²) in [6.45, 7) is 5.92. The van der Waals surface area contributed by atoms with Crippen LogP contribution in [0.4, 0.5) is 0 Å². The van der Waals surface area contributed by atoms with Crippen LogP contribution < -0.4 is 4.74 Å². The highest BCUT2D eigenvalue weighted by atomic mass is 16.5. The summed E-state index contributed by atoms with van der Waals surface area (Å²) < 4.78 is 5.40. The van der Waals surface area contributed by atoms with Gasteiger partial charge in [0.25, 0.3) is 0 Å². The Hall–Kier alpha value is -1.09. The number of hydrogen-bond acceptors (Lipinski definition) is 3. The van der Waals surface area contributed by atoms with E-state index < -0.39 is 5.60 Å². The predicted molar refractivity (Wildman–Crippen MR) is 71.9 cm³/mol. The normalized spacial score (nSPS) is 18.5. The van der Waals surface area contributed by atoms with Crippen molar-refractivity contribution in [2.24, 2.45) is 5.92 Å². The Kier molecular flexibility index (Phi) is 3.62. The molecule has 1 N–H and O–H groups in total. The van der Waals surface area contributed by atoms with Crippen LogP contribution in [-0.4, -0.2) is 22.8 Å². The number of ether oxygens (including phenoxy) is 1. The van der Waals surface area contributed by atoms with E-state index in [4.69, 9.17) is 4.74 Å². The highest BCUT2D eigenvalue weighted by molar-refractivity contribution is 5.41. The van der Waals surface area contributed by atoms with Crippen molar-refractivity contribution < 1.29 is 9.84 Å². The summed E-state index contributed by atoms with van der Waals surface area (Å²) in [4.78, 5) is 4.46. The Bertz CT molecular complexity index is 436. The number of aliphatic hydroxyl groups is 1. The van der Waals surface area contributed by atoms with Crippen molar-refractivity contribution in [3.63, 3.8) is 0 Å². The molecule has 18 heavy (non-hydrogen) atoms. The van der Waals surface area contributed by atoms with Crippen LogP contribution in [0.25, 0.3) is 0 Å². The fourth-order valence-corrected chi connectivity index (χ4v) is 2.63. The Morgan fingerprint density at radius 2 is 2.11 bits per heavy atom.